The van der Waals surface area contributed by atoms with Crippen molar-refractivity contribution in [3.63, 3.8) is 0 Å². The molecule has 0 aromatic heterocycles. The van der Waals surface area contributed by atoms with Crippen LogP contribution in [0.4, 0.5) is 24.5 Å². The zero-order chi connectivity index (χ0) is 18.3. The molecule has 0 saturated carbocycles. The molecule has 0 radical (unpaired) electrons. The molecule has 24 heavy (non-hydrogen) atoms. The average molecular weight is 367 g/mol. The Balaban J connectivity index is 2.35. The molecule has 0 spiro atoms. The van der Waals surface area contributed by atoms with E-state index in [0.717, 1.165) is 18.4 Å². The van der Waals surface area contributed by atoms with E-state index in [4.69, 9.17) is 0 Å². The van der Waals surface area contributed by atoms with Gasteiger partial charge in [-0.25, -0.2) is 8.42 Å². The molecule has 1 fully saturated rings. The molecule has 0 N–H and O–H groups in total. The molecule has 1 aliphatic heterocycles. The first kappa shape index (κ1) is 18.5. The highest BCUT2D eigenvalue weighted by atomic mass is 32.2. The number of nitro benzene ring substituents is 1. The Labute approximate surface area is 136 Å². The lowest BCUT2D eigenvalue weighted by molar-refractivity contribution is -0.384. The van der Waals surface area contributed by atoms with E-state index in [2.05, 4.69) is 0 Å². The van der Waals surface area contributed by atoms with Crippen molar-refractivity contribution in [1.29, 1.82) is 0 Å². The molecule has 7 nitrogen and oxygen atoms in total. The number of alkyl halides is 3. The van der Waals surface area contributed by atoms with Crippen LogP contribution in [0.3, 0.4) is 0 Å². The normalized spacial score (nSPS) is 20.2. The summed E-state index contributed by atoms with van der Waals surface area (Å²) in [5, 5.41) is 11.2. The Bertz CT molecular complexity index is 751. The molecule has 11 heteroatoms. The molecule has 1 atom stereocenters. The van der Waals surface area contributed by atoms with Crippen LogP contribution in [-0.2, 0) is 16.2 Å². The standard InChI is InChI=1S/C13H16F3N3O4S/c1-9-8-17(5-6-18(9)24(2,22)23)11-4-3-10(13(14,15)16)7-12(11)19(20)21/h3-4,7,9H,5-6,8H2,1-2H3/t9-/m0/s1. The van der Waals surface area contributed by atoms with Crippen molar-refractivity contribution in [2.24, 2.45) is 0 Å². The summed E-state index contributed by atoms with van der Waals surface area (Å²) in [6.45, 7) is 2.06. The first-order valence-corrected chi connectivity index (χ1v) is 8.83. The van der Waals surface area contributed by atoms with E-state index in [1.54, 1.807) is 6.92 Å². The fourth-order valence-corrected chi connectivity index (χ4v) is 3.90. The highest BCUT2D eigenvalue weighted by Gasteiger charge is 2.36. The second-order valence-corrected chi connectivity index (χ2v) is 7.56. The van der Waals surface area contributed by atoms with Gasteiger partial charge < -0.3 is 4.90 Å². The smallest absolute Gasteiger partial charge is 0.363 e. The van der Waals surface area contributed by atoms with Crippen LogP contribution in [0.25, 0.3) is 0 Å². The van der Waals surface area contributed by atoms with Gasteiger partial charge in [-0.15, -0.1) is 0 Å². The summed E-state index contributed by atoms with van der Waals surface area (Å²) in [6.07, 6.45) is -3.61. The van der Waals surface area contributed by atoms with Gasteiger partial charge in [0.05, 0.1) is 16.7 Å². The number of hydrogen-bond acceptors (Lipinski definition) is 5. The minimum atomic E-state index is -4.68. The summed E-state index contributed by atoms with van der Waals surface area (Å²) in [4.78, 5) is 11.8. The van der Waals surface area contributed by atoms with E-state index < -0.39 is 38.4 Å². The summed E-state index contributed by atoms with van der Waals surface area (Å²) < 4.78 is 62.8. The van der Waals surface area contributed by atoms with Crippen LogP contribution in [-0.4, -0.2) is 49.6 Å². The van der Waals surface area contributed by atoms with E-state index in [0.29, 0.717) is 6.07 Å². The fraction of sp³-hybridized carbons (Fsp3) is 0.538. The second-order valence-electron chi connectivity index (χ2n) is 5.63. The van der Waals surface area contributed by atoms with Crippen molar-refractivity contribution in [1.82, 2.24) is 4.31 Å². The number of anilines is 1. The number of rotatable bonds is 3. The monoisotopic (exact) mass is 367 g/mol. The lowest BCUT2D eigenvalue weighted by atomic mass is 10.1. The van der Waals surface area contributed by atoms with Crippen molar-refractivity contribution < 1.29 is 26.5 Å². The Morgan fingerprint density at radius 1 is 1.29 bits per heavy atom. The van der Waals surface area contributed by atoms with E-state index in [1.807, 2.05) is 0 Å². The summed E-state index contributed by atoms with van der Waals surface area (Å²) >= 11 is 0. The Morgan fingerprint density at radius 2 is 1.92 bits per heavy atom. The van der Waals surface area contributed by atoms with E-state index >= 15 is 0 Å². The van der Waals surface area contributed by atoms with Crippen LogP contribution in [0, 0.1) is 10.1 Å². The number of nitro groups is 1. The van der Waals surface area contributed by atoms with Gasteiger partial charge in [0.15, 0.2) is 0 Å². The molecule has 0 aliphatic carbocycles. The van der Waals surface area contributed by atoms with Crippen molar-refractivity contribution in [3.05, 3.63) is 33.9 Å². The predicted molar refractivity (Wildman–Crippen MR) is 81.3 cm³/mol. The van der Waals surface area contributed by atoms with Crippen LogP contribution in [0.15, 0.2) is 18.2 Å². The van der Waals surface area contributed by atoms with Crippen LogP contribution in [0.1, 0.15) is 12.5 Å². The third-order valence-electron chi connectivity index (χ3n) is 3.83. The van der Waals surface area contributed by atoms with Gasteiger partial charge in [-0.2, -0.15) is 17.5 Å². The van der Waals surface area contributed by atoms with Gasteiger partial charge >= 0.3 is 6.18 Å². The average Bonchev–Trinajstić information content (AvgIpc) is 2.44. The van der Waals surface area contributed by atoms with Gasteiger partial charge in [0.2, 0.25) is 10.0 Å². The van der Waals surface area contributed by atoms with Crippen molar-refractivity contribution in [2.45, 2.75) is 19.1 Å². The van der Waals surface area contributed by atoms with E-state index in [9.17, 15) is 31.7 Å². The predicted octanol–water partition coefficient (Wildman–Crippen LogP) is 2.08. The van der Waals surface area contributed by atoms with Crippen LogP contribution >= 0.6 is 0 Å². The number of nitrogens with zero attached hydrogens (tertiary/aromatic N) is 3. The molecule has 1 saturated heterocycles. The molecule has 0 amide bonds. The quantitative estimate of drug-likeness (QED) is 0.603. The van der Waals surface area contributed by atoms with Gasteiger partial charge in [0.1, 0.15) is 5.69 Å². The number of piperazine rings is 1. The zero-order valence-corrected chi connectivity index (χ0v) is 13.8. The number of sulfonamides is 1. The Kier molecular flexibility index (Phi) is 4.77. The molecule has 134 valence electrons. The highest BCUT2D eigenvalue weighted by Crippen LogP contribution is 2.37. The van der Waals surface area contributed by atoms with Gasteiger partial charge in [-0.05, 0) is 19.1 Å². The second kappa shape index (κ2) is 6.20. The van der Waals surface area contributed by atoms with Gasteiger partial charge in [0, 0.05) is 31.7 Å². The van der Waals surface area contributed by atoms with Gasteiger partial charge in [-0.1, -0.05) is 0 Å². The molecule has 1 heterocycles. The van der Waals surface area contributed by atoms with Crippen LogP contribution in [0.5, 0.6) is 0 Å². The minimum Gasteiger partial charge on any atom is -0.363 e. The summed E-state index contributed by atoms with van der Waals surface area (Å²) in [7, 11) is -3.41. The third-order valence-corrected chi connectivity index (χ3v) is 5.23. The summed E-state index contributed by atoms with van der Waals surface area (Å²) in [6, 6.07) is 1.90. The van der Waals surface area contributed by atoms with Crippen LogP contribution in [0.2, 0.25) is 0 Å². The molecule has 2 rings (SSSR count). The molecular weight excluding hydrogens is 351 g/mol. The molecular formula is C13H16F3N3O4S. The maximum atomic E-state index is 12.7. The van der Waals surface area contributed by atoms with Crippen molar-refractivity contribution in [3.8, 4) is 0 Å². The highest BCUT2D eigenvalue weighted by molar-refractivity contribution is 7.88. The molecule has 1 aromatic carbocycles. The molecule has 1 aliphatic rings. The zero-order valence-electron chi connectivity index (χ0n) is 12.9. The first-order chi connectivity index (χ1) is 10.9. The number of hydrogen-bond donors (Lipinski definition) is 0. The summed E-state index contributed by atoms with van der Waals surface area (Å²) in [5.74, 6) is 0. The van der Waals surface area contributed by atoms with Gasteiger partial charge in [0.25, 0.3) is 5.69 Å². The number of benzene rings is 1. The van der Waals surface area contributed by atoms with E-state index in [1.165, 1.54) is 9.21 Å². The molecule has 0 unspecified atom stereocenters. The topological polar surface area (TPSA) is 83.8 Å². The lowest BCUT2D eigenvalue weighted by Crippen LogP contribution is -2.53. The van der Waals surface area contributed by atoms with Crippen LogP contribution < -0.4 is 4.90 Å². The van der Waals surface area contributed by atoms with E-state index in [-0.39, 0.29) is 25.3 Å². The maximum Gasteiger partial charge on any atom is 0.416 e. The third kappa shape index (κ3) is 3.78. The fourth-order valence-electron chi connectivity index (χ4n) is 2.77. The Morgan fingerprint density at radius 3 is 2.38 bits per heavy atom. The first-order valence-electron chi connectivity index (χ1n) is 6.98. The molecule has 1 aromatic rings. The lowest BCUT2D eigenvalue weighted by Gasteiger charge is -2.39. The van der Waals surface area contributed by atoms with Gasteiger partial charge in [-0.3, -0.25) is 10.1 Å². The summed E-state index contributed by atoms with van der Waals surface area (Å²) in [5.41, 5.74) is -1.70. The minimum absolute atomic E-state index is 0.0491. The van der Waals surface area contributed by atoms with Crippen molar-refractivity contribution >= 4 is 21.4 Å². The SMILES string of the molecule is C[C@H]1CN(c2ccc(C(F)(F)F)cc2[N+](=O)[O-])CCN1S(C)(=O)=O. The maximum absolute atomic E-state index is 12.7. The Hall–Kier alpha value is -1.88. The number of halogens is 3. The molecule has 0 bridgehead atoms. The van der Waals surface area contributed by atoms with Crippen molar-refractivity contribution in [2.75, 3.05) is 30.8 Å². The largest absolute Gasteiger partial charge is 0.416 e.